The molecule has 6 heteroatoms. The van der Waals surface area contributed by atoms with Gasteiger partial charge in [0, 0.05) is 6.07 Å². The van der Waals surface area contributed by atoms with Crippen molar-refractivity contribution in [3.63, 3.8) is 0 Å². The molecule has 0 unspecified atom stereocenters. The third-order valence-corrected chi connectivity index (χ3v) is 3.27. The fourth-order valence-electron chi connectivity index (χ4n) is 2.09. The first-order valence-corrected chi connectivity index (χ1v) is 5.19. The van der Waals surface area contributed by atoms with E-state index in [0.717, 1.165) is 13.1 Å². The van der Waals surface area contributed by atoms with Gasteiger partial charge in [-0.25, -0.2) is 0 Å². The van der Waals surface area contributed by atoms with Crippen molar-refractivity contribution in [1.29, 1.82) is 0 Å². The molecule has 16 heavy (non-hydrogen) atoms. The number of rotatable bonds is 2. The van der Waals surface area contributed by atoms with Gasteiger partial charge in [0.25, 0.3) is 0 Å². The predicted octanol–water partition coefficient (Wildman–Crippen LogP) is 0.305. The van der Waals surface area contributed by atoms with Gasteiger partial charge < -0.3 is 20.3 Å². The number of nitrogens with two attached hydrogens (primary N) is 1. The first-order valence-electron chi connectivity index (χ1n) is 5.19. The van der Waals surface area contributed by atoms with Crippen LogP contribution in [0.5, 0.6) is 0 Å². The van der Waals surface area contributed by atoms with E-state index in [1.165, 1.54) is 6.07 Å². The topological polar surface area (TPSA) is 92.6 Å². The first kappa shape index (κ1) is 10.9. The van der Waals surface area contributed by atoms with Crippen molar-refractivity contribution in [2.45, 2.75) is 18.3 Å². The van der Waals surface area contributed by atoms with Crippen molar-refractivity contribution in [1.82, 2.24) is 10.1 Å². The molecule has 1 aromatic heterocycles. The van der Waals surface area contributed by atoms with E-state index in [1.807, 2.05) is 7.05 Å². The highest BCUT2D eigenvalue weighted by molar-refractivity contribution is 5.81. The standard InChI is InChI=1S/C10H15N3O3/c1-13-4-2-10(3-5-13,9(14)15)7-6-8(11)16-12-7/h6H,2-5,11H2,1H3,(H,14,15). The molecule has 0 amide bonds. The number of hydrogen-bond donors (Lipinski definition) is 2. The molecule has 0 radical (unpaired) electrons. The van der Waals surface area contributed by atoms with Crippen LogP contribution in [0.2, 0.25) is 0 Å². The molecular weight excluding hydrogens is 210 g/mol. The Bertz CT molecular complexity index is 394. The summed E-state index contributed by atoms with van der Waals surface area (Å²) in [6.07, 6.45) is 1.07. The van der Waals surface area contributed by atoms with Crippen molar-refractivity contribution in [3.05, 3.63) is 11.8 Å². The number of nitrogens with zero attached hydrogens (tertiary/aromatic N) is 2. The molecule has 0 atom stereocenters. The Kier molecular flexibility index (Phi) is 2.59. The van der Waals surface area contributed by atoms with E-state index in [9.17, 15) is 9.90 Å². The van der Waals surface area contributed by atoms with Crippen LogP contribution in [-0.4, -0.2) is 41.3 Å². The van der Waals surface area contributed by atoms with E-state index in [1.54, 1.807) is 0 Å². The van der Waals surface area contributed by atoms with Crippen LogP contribution in [0.15, 0.2) is 10.6 Å². The van der Waals surface area contributed by atoms with Crippen LogP contribution in [0, 0.1) is 0 Å². The zero-order chi connectivity index (χ0) is 11.8. The lowest BCUT2D eigenvalue weighted by Crippen LogP contribution is -2.46. The van der Waals surface area contributed by atoms with Crippen molar-refractivity contribution in [2.75, 3.05) is 25.9 Å². The van der Waals surface area contributed by atoms with Gasteiger partial charge in [-0.2, -0.15) is 0 Å². The van der Waals surface area contributed by atoms with E-state index < -0.39 is 11.4 Å². The highest BCUT2D eigenvalue weighted by Gasteiger charge is 2.45. The Hall–Kier alpha value is -1.56. The Morgan fingerprint density at radius 2 is 2.25 bits per heavy atom. The Labute approximate surface area is 93.0 Å². The predicted molar refractivity (Wildman–Crippen MR) is 57.0 cm³/mol. The molecule has 2 heterocycles. The van der Waals surface area contributed by atoms with E-state index in [2.05, 4.69) is 10.1 Å². The lowest BCUT2D eigenvalue weighted by atomic mass is 9.76. The largest absolute Gasteiger partial charge is 0.481 e. The maximum Gasteiger partial charge on any atom is 0.315 e. The van der Waals surface area contributed by atoms with Crippen LogP contribution in [-0.2, 0) is 10.2 Å². The lowest BCUT2D eigenvalue weighted by Gasteiger charge is -2.35. The number of anilines is 1. The number of aliphatic carboxylic acids is 1. The first-order chi connectivity index (χ1) is 7.54. The second kappa shape index (κ2) is 3.79. The lowest BCUT2D eigenvalue weighted by molar-refractivity contribution is -0.146. The summed E-state index contributed by atoms with van der Waals surface area (Å²) >= 11 is 0. The summed E-state index contributed by atoms with van der Waals surface area (Å²) in [5.41, 5.74) is 4.94. The van der Waals surface area contributed by atoms with Crippen LogP contribution in [0.3, 0.4) is 0 Å². The Balaban J connectivity index is 2.33. The quantitative estimate of drug-likeness (QED) is 0.752. The van der Waals surface area contributed by atoms with Crippen LogP contribution in [0.1, 0.15) is 18.5 Å². The number of carboxylic acids is 1. The fourth-order valence-corrected chi connectivity index (χ4v) is 2.09. The molecular formula is C10H15N3O3. The number of hydrogen-bond acceptors (Lipinski definition) is 5. The highest BCUT2D eigenvalue weighted by Crippen LogP contribution is 2.35. The van der Waals surface area contributed by atoms with Gasteiger partial charge in [0.15, 0.2) is 0 Å². The molecule has 1 aromatic rings. The molecule has 0 aromatic carbocycles. The van der Waals surface area contributed by atoms with Crippen LogP contribution >= 0.6 is 0 Å². The summed E-state index contributed by atoms with van der Waals surface area (Å²) in [6, 6.07) is 1.51. The molecule has 1 aliphatic heterocycles. The molecule has 0 aliphatic carbocycles. The summed E-state index contributed by atoms with van der Waals surface area (Å²) < 4.78 is 4.77. The minimum Gasteiger partial charge on any atom is -0.481 e. The summed E-state index contributed by atoms with van der Waals surface area (Å²) in [7, 11) is 1.98. The molecule has 3 N–H and O–H groups in total. The average Bonchev–Trinajstić information content (AvgIpc) is 2.66. The molecule has 0 bridgehead atoms. The smallest absolute Gasteiger partial charge is 0.315 e. The second-order valence-corrected chi connectivity index (χ2v) is 4.31. The third kappa shape index (κ3) is 1.65. The highest BCUT2D eigenvalue weighted by atomic mass is 16.5. The molecule has 1 aliphatic rings. The van der Waals surface area contributed by atoms with Gasteiger partial charge >= 0.3 is 5.97 Å². The monoisotopic (exact) mass is 225 g/mol. The zero-order valence-corrected chi connectivity index (χ0v) is 9.14. The van der Waals surface area contributed by atoms with Gasteiger partial charge in [-0.3, -0.25) is 4.79 Å². The normalized spacial score (nSPS) is 20.8. The van der Waals surface area contributed by atoms with Crippen molar-refractivity contribution in [2.24, 2.45) is 0 Å². The van der Waals surface area contributed by atoms with E-state index >= 15 is 0 Å². The molecule has 1 saturated heterocycles. The third-order valence-electron chi connectivity index (χ3n) is 3.27. The molecule has 0 spiro atoms. The van der Waals surface area contributed by atoms with Crippen LogP contribution < -0.4 is 5.73 Å². The maximum absolute atomic E-state index is 11.5. The zero-order valence-electron chi connectivity index (χ0n) is 9.14. The molecule has 0 saturated carbocycles. The summed E-state index contributed by atoms with van der Waals surface area (Å²) in [4.78, 5) is 13.6. The maximum atomic E-state index is 11.5. The van der Waals surface area contributed by atoms with E-state index in [-0.39, 0.29) is 5.88 Å². The van der Waals surface area contributed by atoms with Crippen LogP contribution in [0.4, 0.5) is 5.88 Å². The minimum absolute atomic E-state index is 0.162. The Morgan fingerprint density at radius 1 is 1.62 bits per heavy atom. The van der Waals surface area contributed by atoms with E-state index in [4.69, 9.17) is 10.3 Å². The van der Waals surface area contributed by atoms with Crippen molar-refractivity contribution >= 4 is 11.9 Å². The van der Waals surface area contributed by atoms with Gasteiger partial charge in [0.2, 0.25) is 5.88 Å². The SMILES string of the molecule is CN1CCC(C(=O)O)(c2cc(N)on2)CC1. The van der Waals surface area contributed by atoms with Gasteiger partial charge in [-0.05, 0) is 33.0 Å². The number of carboxylic acid groups (broad SMARTS) is 1. The Morgan fingerprint density at radius 3 is 2.69 bits per heavy atom. The number of likely N-dealkylation sites (tertiary alicyclic amines) is 1. The minimum atomic E-state index is -0.937. The summed E-state index contributed by atoms with van der Waals surface area (Å²) in [5, 5.41) is 13.2. The second-order valence-electron chi connectivity index (χ2n) is 4.31. The fraction of sp³-hybridized carbons (Fsp3) is 0.600. The number of aromatic nitrogens is 1. The number of nitrogen functional groups attached to an aromatic ring is 1. The number of piperidine rings is 1. The van der Waals surface area contributed by atoms with Gasteiger partial charge in [0.1, 0.15) is 11.1 Å². The van der Waals surface area contributed by atoms with Crippen molar-refractivity contribution < 1.29 is 14.4 Å². The van der Waals surface area contributed by atoms with Gasteiger partial charge in [-0.1, -0.05) is 5.16 Å². The van der Waals surface area contributed by atoms with Gasteiger partial charge in [0.05, 0.1) is 0 Å². The molecule has 1 fully saturated rings. The van der Waals surface area contributed by atoms with Crippen molar-refractivity contribution in [3.8, 4) is 0 Å². The summed E-state index contributed by atoms with van der Waals surface area (Å²) in [6.45, 7) is 1.47. The summed E-state index contributed by atoms with van der Waals surface area (Å²) in [5.74, 6) is -0.691. The number of carbonyl (C=O) groups is 1. The molecule has 6 nitrogen and oxygen atoms in total. The van der Waals surface area contributed by atoms with E-state index in [0.29, 0.717) is 18.5 Å². The molecule has 2 rings (SSSR count). The van der Waals surface area contributed by atoms with Gasteiger partial charge in [-0.15, -0.1) is 0 Å². The van der Waals surface area contributed by atoms with Crippen LogP contribution in [0.25, 0.3) is 0 Å². The average molecular weight is 225 g/mol. The molecule has 88 valence electrons.